The van der Waals surface area contributed by atoms with Crippen molar-refractivity contribution < 1.29 is 19.1 Å². The summed E-state index contributed by atoms with van der Waals surface area (Å²) in [5.74, 6) is 0.703. The van der Waals surface area contributed by atoms with Crippen LogP contribution in [0.4, 0.5) is 0 Å². The summed E-state index contributed by atoms with van der Waals surface area (Å²) in [7, 11) is 0. The van der Waals surface area contributed by atoms with E-state index in [9.17, 15) is 14.7 Å². The number of carbonyl (C=O) groups is 1. The Labute approximate surface area is 185 Å². The van der Waals surface area contributed by atoms with Crippen LogP contribution in [0, 0.1) is 18.8 Å². The van der Waals surface area contributed by atoms with Gasteiger partial charge < -0.3 is 14.3 Å². The normalized spacial score (nSPS) is 12.0. The molecule has 2 aromatic rings. The number of carbonyl (C=O) groups excluding carboxylic acids is 1. The summed E-state index contributed by atoms with van der Waals surface area (Å²) in [6, 6.07) is 3.28. The molecule has 0 spiro atoms. The third-order valence-corrected chi connectivity index (χ3v) is 4.98. The van der Waals surface area contributed by atoms with Crippen molar-refractivity contribution in [1.29, 1.82) is 0 Å². The zero-order valence-corrected chi connectivity index (χ0v) is 19.9. The highest BCUT2D eigenvalue weighted by molar-refractivity contribution is 5.86. The molecular formula is C25H37NO5. The molecule has 0 amide bonds. The highest BCUT2D eigenvalue weighted by Crippen LogP contribution is 2.34. The van der Waals surface area contributed by atoms with E-state index >= 15 is 0 Å². The summed E-state index contributed by atoms with van der Waals surface area (Å²) >= 11 is 0. The lowest BCUT2D eigenvalue weighted by molar-refractivity contribution is -0.147. The SMILES string of the molecule is Cc1cc(=O)oc2c(CN(CC(C)C)CC(C)C)c(O)c(CCC(=O)OC(C)C)cc12. The predicted octanol–water partition coefficient (Wildman–Crippen LogP) is 4.81. The van der Waals surface area contributed by atoms with Crippen molar-refractivity contribution in [2.45, 2.75) is 74.0 Å². The van der Waals surface area contributed by atoms with Crippen LogP contribution in [-0.4, -0.2) is 35.2 Å². The van der Waals surface area contributed by atoms with Gasteiger partial charge in [-0.2, -0.15) is 0 Å². The molecule has 0 radical (unpaired) electrons. The number of fused-ring (bicyclic) bond motifs is 1. The largest absolute Gasteiger partial charge is 0.507 e. The maximum atomic E-state index is 12.1. The Bertz CT molecular complexity index is 949. The second kappa shape index (κ2) is 10.8. The van der Waals surface area contributed by atoms with E-state index in [4.69, 9.17) is 9.15 Å². The van der Waals surface area contributed by atoms with Crippen LogP contribution in [0.3, 0.4) is 0 Å². The van der Waals surface area contributed by atoms with Crippen LogP contribution in [0.15, 0.2) is 21.3 Å². The zero-order chi connectivity index (χ0) is 23.3. The third kappa shape index (κ3) is 7.10. The fraction of sp³-hybridized carbons (Fsp3) is 0.600. The molecule has 6 heteroatoms. The molecule has 0 fully saturated rings. The van der Waals surface area contributed by atoms with Crippen LogP contribution >= 0.6 is 0 Å². The molecule has 0 aliphatic rings. The van der Waals surface area contributed by atoms with Crippen molar-refractivity contribution in [1.82, 2.24) is 4.90 Å². The Morgan fingerprint density at radius 3 is 2.26 bits per heavy atom. The highest BCUT2D eigenvalue weighted by Gasteiger charge is 2.21. The molecule has 1 heterocycles. The molecule has 172 valence electrons. The van der Waals surface area contributed by atoms with Gasteiger partial charge in [-0.1, -0.05) is 27.7 Å². The molecule has 0 bridgehead atoms. The van der Waals surface area contributed by atoms with Gasteiger partial charge in [-0.25, -0.2) is 4.79 Å². The van der Waals surface area contributed by atoms with Gasteiger partial charge in [-0.15, -0.1) is 0 Å². The lowest BCUT2D eigenvalue weighted by Crippen LogP contribution is -2.31. The molecule has 2 rings (SSSR count). The topological polar surface area (TPSA) is 80.0 Å². The first-order valence-electron chi connectivity index (χ1n) is 11.2. The molecule has 0 saturated heterocycles. The van der Waals surface area contributed by atoms with Crippen molar-refractivity contribution in [3.05, 3.63) is 39.2 Å². The van der Waals surface area contributed by atoms with Gasteiger partial charge in [-0.3, -0.25) is 9.69 Å². The van der Waals surface area contributed by atoms with Crippen LogP contribution in [-0.2, 0) is 22.5 Å². The number of nitrogens with zero attached hydrogens (tertiary/aromatic N) is 1. The smallest absolute Gasteiger partial charge is 0.336 e. The third-order valence-electron chi connectivity index (χ3n) is 4.98. The molecule has 31 heavy (non-hydrogen) atoms. The van der Waals surface area contributed by atoms with E-state index in [0.29, 0.717) is 41.5 Å². The first kappa shape index (κ1) is 24.9. The number of aromatic hydroxyl groups is 1. The Kier molecular flexibility index (Phi) is 8.69. The average molecular weight is 432 g/mol. The number of aryl methyl sites for hydroxylation is 2. The summed E-state index contributed by atoms with van der Waals surface area (Å²) in [5.41, 5.74) is 2.05. The second-order valence-electron chi connectivity index (χ2n) is 9.51. The quantitative estimate of drug-likeness (QED) is 0.430. The fourth-order valence-corrected chi connectivity index (χ4v) is 3.92. The lowest BCUT2D eigenvalue weighted by atomic mass is 9.97. The minimum Gasteiger partial charge on any atom is -0.507 e. The maximum Gasteiger partial charge on any atom is 0.336 e. The van der Waals surface area contributed by atoms with Crippen LogP contribution in [0.5, 0.6) is 5.75 Å². The van der Waals surface area contributed by atoms with Gasteiger partial charge in [-0.05, 0) is 56.2 Å². The van der Waals surface area contributed by atoms with Crippen LogP contribution in [0.2, 0.25) is 0 Å². The van der Waals surface area contributed by atoms with Crippen LogP contribution in [0.25, 0.3) is 11.0 Å². The summed E-state index contributed by atoms with van der Waals surface area (Å²) in [6.07, 6.45) is 0.354. The van der Waals surface area contributed by atoms with E-state index in [-0.39, 0.29) is 24.2 Å². The van der Waals surface area contributed by atoms with Crippen molar-refractivity contribution >= 4 is 16.9 Å². The summed E-state index contributed by atoms with van der Waals surface area (Å²) in [4.78, 5) is 26.4. The highest BCUT2D eigenvalue weighted by atomic mass is 16.5. The number of phenols is 1. The Morgan fingerprint density at radius 2 is 1.71 bits per heavy atom. The minimum absolute atomic E-state index is 0.0936. The summed E-state index contributed by atoms with van der Waals surface area (Å²) in [6.45, 7) is 16.3. The van der Waals surface area contributed by atoms with Gasteiger partial charge in [0.2, 0.25) is 0 Å². The summed E-state index contributed by atoms with van der Waals surface area (Å²) < 4.78 is 10.8. The van der Waals surface area contributed by atoms with Crippen molar-refractivity contribution in [2.75, 3.05) is 13.1 Å². The number of hydrogen-bond acceptors (Lipinski definition) is 6. The molecule has 0 aliphatic carbocycles. The number of esters is 1. The van der Waals surface area contributed by atoms with Crippen LogP contribution < -0.4 is 5.63 Å². The first-order chi connectivity index (χ1) is 14.5. The van der Waals surface area contributed by atoms with Crippen molar-refractivity contribution in [3.63, 3.8) is 0 Å². The molecule has 0 saturated carbocycles. The second-order valence-corrected chi connectivity index (χ2v) is 9.51. The van der Waals surface area contributed by atoms with E-state index in [1.54, 1.807) is 0 Å². The molecule has 1 aromatic carbocycles. The number of phenolic OH excluding ortho intramolecular Hbond substituents is 1. The van der Waals surface area contributed by atoms with Gasteiger partial charge in [0.05, 0.1) is 11.7 Å². The number of hydrogen-bond donors (Lipinski definition) is 1. The molecule has 0 unspecified atom stereocenters. The first-order valence-corrected chi connectivity index (χ1v) is 11.2. The van der Waals surface area contributed by atoms with Crippen LogP contribution in [0.1, 0.15) is 64.7 Å². The average Bonchev–Trinajstić information content (AvgIpc) is 2.61. The van der Waals surface area contributed by atoms with Crippen molar-refractivity contribution in [2.24, 2.45) is 11.8 Å². The van der Waals surface area contributed by atoms with E-state index in [2.05, 4.69) is 32.6 Å². The predicted molar refractivity (Wildman–Crippen MR) is 123 cm³/mol. The Balaban J connectivity index is 2.51. The van der Waals surface area contributed by atoms with Gasteiger partial charge >= 0.3 is 11.6 Å². The zero-order valence-electron chi connectivity index (χ0n) is 19.9. The molecule has 0 aliphatic heterocycles. The number of benzene rings is 1. The standard InChI is InChI=1S/C25H37NO5/c1-15(2)12-26(13-16(3)4)14-21-24(29)19(8-9-22(27)30-17(5)6)11-20-18(7)10-23(28)31-25(20)21/h10-11,15-17,29H,8-9,12-14H2,1-7H3. The molecule has 1 aromatic heterocycles. The van der Waals surface area contributed by atoms with Gasteiger partial charge in [0.15, 0.2) is 0 Å². The molecule has 0 atom stereocenters. The molecule has 1 N–H and O–H groups in total. The number of rotatable bonds is 10. The summed E-state index contributed by atoms with van der Waals surface area (Å²) in [5, 5.41) is 11.9. The molecule has 6 nitrogen and oxygen atoms in total. The fourth-order valence-electron chi connectivity index (χ4n) is 3.92. The van der Waals surface area contributed by atoms with Crippen molar-refractivity contribution in [3.8, 4) is 5.75 Å². The van der Waals surface area contributed by atoms with Gasteiger partial charge in [0.1, 0.15) is 11.3 Å². The Morgan fingerprint density at radius 1 is 1.10 bits per heavy atom. The Hall–Kier alpha value is -2.34. The maximum absolute atomic E-state index is 12.1. The lowest BCUT2D eigenvalue weighted by Gasteiger charge is -2.27. The van der Waals surface area contributed by atoms with E-state index < -0.39 is 5.63 Å². The van der Waals surface area contributed by atoms with E-state index in [0.717, 1.165) is 24.0 Å². The molecular weight excluding hydrogens is 394 g/mol. The number of ether oxygens (including phenoxy) is 1. The van der Waals surface area contributed by atoms with Gasteiger partial charge in [0, 0.05) is 37.5 Å². The van der Waals surface area contributed by atoms with E-state index in [1.807, 2.05) is 26.8 Å². The van der Waals surface area contributed by atoms with E-state index in [1.165, 1.54) is 6.07 Å². The minimum atomic E-state index is -0.432. The monoisotopic (exact) mass is 431 g/mol. The van der Waals surface area contributed by atoms with Gasteiger partial charge in [0.25, 0.3) is 0 Å².